The monoisotopic (exact) mass is 380 g/mol. The van der Waals surface area contributed by atoms with E-state index in [1.54, 1.807) is 0 Å². The van der Waals surface area contributed by atoms with Crippen LogP contribution in [0.5, 0.6) is 0 Å². The molecule has 0 bridgehead atoms. The number of nitrogen functional groups attached to an aromatic ring is 1. The summed E-state index contributed by atoms with van der Waals surface area (Å²) in [6.07, 6.45) is 0. The molecule has 140 valence electrons. The lowest BCUT2D eigenvalue weighted by Crippen LogP contribution is -2.50. The molecule has 26 heavy (non-hydrogen) atoms. The fraction of sp³-hybridized carbons (Fsp3) is 0.375. The van der Waals surface area contributed by atoms with Crippen LogP contribution in [0.25, 0.3) is 0 Å². The fourth-order valence-corrected chi connectivity index (χ4v) is 2.79. The minimum absolute atomic E-state index is 0.0678. The maximum Gasteiger partial charge on any atom is 0.244 e. The zero-order chi connectivity index (χ0) is 19.3. The Morgan fingerprint density at radius 2 is 1.96 bits per heavy atom. The van der Waals surface area contributed by atoms with Crippen molar-refractivity contribution in [3.63, 3.8) is 0 Å². The number of benzene rings is 1. The summed E-state index contributed by atoms with van der Waals surface area (Å²) in [5, 5.41) is 9.36. The third-order valence-corrected chi connectivity index (χ3v) is 4.18. The van der Waals surface area contributed by atoms with E-state index in [9.17, 15) is 14.0 Å². The Bertz CT molecular complexity index is 772. The Kier molecular flexibility index (Phi) is 6.19. The van der Waals surface area contributed by atoms with Gasteiger partial charge in [-0.25, -0.2) is 9.49 Å². The molecule has 0 aliphatic heterocycles. The van der Waals surface area contributed by atoms with Crippen LogP contribution in [-0.4, -0.2) is 49.7 Å². The quantitative estimate of drug-likeness (QED) is 0.659. The molecule has 1 aromatic carbocycles. The molecule has 0 unspecified atom stereocenters. The number of halogens is 1. The molecule has 4 N–H and O–H groups in total. The van der Waals surface area contributed by atoms with Crippen LogP contribution in [0.1, 0.15) is 20.8 Å². The maximum atomic E-state index is 12.9. The third-order valence-electron chi connectivity index (χ3n) is 3.35. The Morgan fingerprint density at radius 1 is 1.31 bits per heavy atom. The Labute approximate surface area is 154 Å². The van der Waals surface area contributed by atoms with Gasteiger partial charge < -0.3 is 16.0 Å². The minimum atomic E-state index is -0.560. The molecule has 10 heteroatoms. The van der Waals surface area contributed by atoms with Gasteiger partial charge in [-0.15, -0.1) is 5.10 Å². The minimum Gasteiger partial charge on any atom is -0.368 e. The third kappa shape index (κ3) is 5.73. The van der Waals surface area contributed by atoms with Crippen LogP contribution in [0, 0.1) is 5.82 Å². The first-order valence-corrected chi connectivity index (χ1v) is 8.80. The Hall–Kier alpha value is -2.62. The van der Waals surface area contributed by atoms with Gasteiger partial charge in [0.15, 0.2) is 0 Å². The number of thioether (sulfide) groups is 1. The van der Waals surface area contributed by atoms with E-state index in [4.69, 9.17) is 5.73 Å². The number of carbonyl (C=O) groups excluding carboxylic acids is 2. The molecule has 0 atom stereocenters. The number of hydrogen-bond acceptors (Lipinski definition) is 6. The molecule has 2 aromatic rings. The second kappa shape index (κ2) is 8.17. The molecular weight excluding hydrogens is 359 g/mol. The van der Waals surface area contributed by atoms with Crippen LogP contribution < -0.4 is 11.1 Å². The molecule has 2 rings (SSSR count). The molecule has 0 aliphatic carbocycles. The number of hydrogen-bond donors (Lipinski definition) is 3. The molecular formula is C16H21FN6O2S. The summed E-state index contributed by atoms with van der Waals surface area (Å²) in [5.41, 5.74) is 5.35. The van der Waals surface area contributed by atoms with Crippen molar-refractivity contribution in [2.24, 2.45) is 0 Å². The maximum absolute atomic E-state index is 12.9. The predicted molar refractivity (Wildman–Crippen MR) is 98.0 cm³/mol. The van der Waals surface area contributed by atoms with Crippen molar-refractivity contribution < 1.29 is 14.0 Å². The van der Waals surface area contributed by atoms with E-state index in [-0.39, 0.29) is 35.9 Å². The number of aromatic amines is 1. The molecule has 8 nitrogen and oxygen atoms in total. The number of aromatic nitrogens is 3. The van der Waals surface area contributed by atoms with Gasteiger partial charge in [0.2, 0.25) is 22.9 Å². The van der Waals surface area contributed by atoms with Gasteiger partial charge in [0.1, 0.15) is 12.4 Å². The molecule has 0 fully saturated rings. The highest BCUT2D eigenvalue weighted by atomic mass is 32.2. The number of rotatable bonds is 6. The zero-order valence-electron chi connectivity index (χ0n) is 14.7. The average Bonchev–Trinajstić information content (AvgIpc) is 2.97. The van der Waals surface area contributed by atoms with E-state index in [1.807, 2.05) is 20.8 Å². The molecule has 0 radical (unpaired) electrons. The van der Waals surface area contributed by atoms with E-state index in [0.29, 0.717) is 10.8 Å². The first kappa shape index (κ1) is 19.7. The van der Waals surface area contributed by atoms with Gasteiger partial charge in [0.05, 0.1) is 5.75 Å². The van der Waals surface area contributed by atoms with E-state index < -0.39 is 5.54 Å². The largest absolute Gasteiger partial charge is 0.368 e. The molecule has 2 amide bonds. The van der Waals surface area contributed by atoms with E-state index in [0.717, 1.165) is 11.8 Å². The number of anilines is 2. The summed E-state index contributed by atoms with van der Waals surface area (Å²) in [5.74, 6) is -0.754. The van der Waals surface area contributed by atoms with Crippen LogP contribution in [-0.2, 0) is 9.59 Å². The van der Waals surface area contributed by atoms with Crippen molar-refractivity contribution in [3.05, 3.63) is 30.1 Å². The van der Waals surface area contributed by atoms with E-state index in [1.165, 1.54) is 29.2 Å². The highest BCUT2D eigenvalue weighted by molar-refractivity contribution is 7.99. The van der Waals surface area contributed by atoms with Crippen LogP contribution in [0.15, 0.2) is 29.4 Å². The van der Waals surface area contributed by atoms with E-state index >= 15 is 0 Å². The van der Waals surface area contributed by atoms with Gasteiger partial charge >= 0.3 is 0 Å². The highest BCUT2D eigenvalue weighted by Gasteiger charge is 2.28. The number of nitrogens with two attached hydrogens (primary N) is 1. The molecule has 0 spiro atoms. The van der Waals surface area contributed by atoms with Crippen molar-refractivity contribution >= 4 is 35.2 Å². The topological polar surface area (TPSA) is 117 Å². The van der Waals surface area contributed by atoms with Crippen LogP contribution >= 0.6 is 11.8 Å². The standard InChI is InChI=1S/C16H21FN6O2S/c1-16(2,3)23(13(25)9-26-15-20-14(18)21-22-15)8-12(24)19-11-6-4-10(17)5-7-11/h4-7H,8-9H2,1-3H3,(H,19,24)(H3,18,20,21,22). The predicted octanol–water partition coefficient (Wildman–Crippen LogP) is 1.88. The first-order valence-electron chi connectivity index (χ1n) is 7.82. The summed E-state index contributed by atoms with van der Waals surface area (Å²) in [4.78, 5) is 30.3. The van der Waals surface area contributed by atoms with Gasteiger partial charge in [-0.3, -0.25) is 9.59 Å². The second-order valence-electron chi connectivity index (χ2n) is 6.50. The second-order valence-corrected chi connectivity index (χ2v) is 7.44. The van der Waals surface area contributed by atoms with Crippen molar-refractivity contribution in [1.29, 1.82) is 0 Å². The lowest BCUT2D eigenvalue weighted by Gasteiger charge is -2.35. The number of H-pyrrole nitrogens is 1. The van der Waals surface area contributed by atoms with Gasteiger partial charge in [-0.05, 0) is 45.0 Å². The van der Waals surface area contributed by atoms with Crippen molar-refractivity contribution in [2.75, 3.05) is 23.3 Å². The van der Waals surface area contributed by atoms with Crippen molar-refractivity contribution in [3.8, 4) is 0 Å². The van der Waals surface area contributed by atoms with Crippen LogP contribution in [0.4, 0.5) is 16.0 Å². The Balaban J connectivity index is 1.98. The van der Waals surface area contributed by atoms with Crippen LogP contribution in [0.2, 0.25) is 0 Å². The Morgan fingerprint density at radius 3 is 2.50 bits per heavy atom. The number of amides is 2. The smallest absolute Gasteiger partial charge is 0.244 e. The molecule has 0 aliphatic rings. The van der Waals surface area contributed by atoms with Gasteiger partial charge in [0, 0.05) is 11.2 Å². The first-order chi connectivity index (χ1) is 12.1. The average molecular weight is 380 g/mol. The molecule has 1 heterocycles. The lowest BCUT2D eigenvalue weighted by molar-refractivity contribution is -0.137. The SMILES string of the molecule is CC(C)(C)N(CC(=O)Nc1ccc(F)cc1)C(=O)CSc1n[nH]c(N)n1. The van der Waals surface area contributed by atoms with Gasteiger partial charge in [-0.2, -0.15) is 4.98 Å². The summed E-state index contributed by atoms with van der Waals surface area (Å²) in [7, 11) is 0. The zero-order valence-corrected chi connectivity index (χ0v) is 15.6. The number of carbonyl (C=O) groups is 2. The lowest BCUT2D eigenvalue weighted by atomic mass is 10.1. The van der Waals surface area contributed by atoms with Gasteiger partial charge in [-0.1, -0.05) is 11.8 Å². The van der Waals surface area contributed by atoms with Crippen molar-refractivity contribution in [2.45, 2.75) is 31.5 Å². The number of nitrogens with zero attached hydrogens (tertiary/aromatic N) is 3. The molecule has 1 aromatic heterocycles. The fourth-order valence-electron chi connectivity index (χ4n) is 2.10. The summed E-state index contributed by atoms with van der Waals surface area (Å²) in [6, 6.07) is 5.42. The normalized spacial score (nSPS) is 11.2. The molecule has 0 saturated heterocycles. The van der Waals surface area contributed by atoms with Crippen molar-refractivity contribution in [1.82, 2.24) is 20.1 Å². The summed E-state index contributed by atoms with van der Waals surface area (Å²) >= 11 is 1.13. The number of nitrogens with one attached hydrogen (secondary N) is 2. The van der Waals surface area contributed by atoms with E-state index in [2.05, 4.69) is 20.5 Å². The van der Waals surface area contributed by atoms with Crippen LogP contribution in [0.3, 0.4) is 0 Å². The van der Waals surface area contributed by atoms with Gasteiger partial charge in [0.25, 0.3) is 0 Å². The molecule has 0 saturated carbocycles. The summed E-state index contributed by atoms with van der Waals surface area (Å²) < 4.78 is 12.9. The highest BCUT2D eigenvalue weighted by Crippen LogP contribution is 2.19. The summed E-state index contributed by atoms with van der Waals surface area (Å²) in [6.45, 7) is 5.39.